The summed E-state index contributed by atoms with van der Waals surface area (Å²) in [7, 11) is -1.25. The second kappa shape index (κ2) is 8.49. The third-order valence-corrected chi connectivity index (χ3v) is 6.75. The molecule has 3 aromatic carbocycles. The summed E-state index contributed by atoms with van der Waals surface area (Å²) in [4.78, 5) is 8.56. The van der Waals surface area contributed by atoms with E-state index in [-0.39, 0.29) is 12.4 Å². The lowest BCUT2D eigenvalue weighted by atomic mass is 10.1. The lowest BCUT2D eigenvalue weighted by Gasteiger charge is -2.30. The van der Waals surface area contributed by atoms with Crippen LogP contribution in [0.3, 0.4) is 0 Å². The quantitative estimate of drug-likeness (QED) is 0.531. The van der Waals surface area contributed by atoms with E-state index < -0.39 is 10.8 Å². The molecule has 5 rings (SSSR count). The van der Waals surface area contributed by atoms with Gasteiger partial charge in [0.1, 0.15) is 0 Å². The minimum absolute atomic E-state index is 0. The van der Waals surface area contributed by atoms with E-state index in [0.29, 0.717) is 0 Å². The first-order valence-corrected chi connectivity index (χ1v) is 10.7. The number of nitrogens with one attached hydrogen (secondary N) is 1. The predicted molar refractivity (Wildman–Crippen MR) is 123 cm³/mol. The Kier molecular flexibility index (Phi) is 5.81. The number of nitrogens with zero attached hydrogens (tertiary/aromatic N) is 2. The fraction of sp³-hybridized carbons (Fsp3) is 0.174. The summed E-state index contributed by atoms with van der Waals surface area (Å²) in [5.41, 5.74) is 2.11. The molecule has 2 heterocycles. The Bertz CT molecular complexity index is 1190. The van der Waals surface area contributed by atoms with Crippen molar-refractivity contribution in [2.45, 2.75) is 9.79 Å². The number of piperazine rings is 1. The second-order valence-corrected chi connectivity index (χ2v) is 8.44. The van der Waals surface area contributed by atoms with Crippen molar-refractivity contribution < 1.29 is 4.21 Å². The van der Waals surface area contributed by atoms with Crippen LogP contribution in [0.5, 0.6) is 0 Å². The van der Waals surface area contributed by atoms with E-state index in [1.54, 1.807) is 0 Å². The SMILES string of the molecule is Cl.O=S(c1ccc2nccc(N3CCNCC3)c2c1)c1cccc2ccccc12. The molecule has 1 N–H and O–H groups in total. The predicted octanol–water partition coefficient (Wildman–Crippen LogP) is 4.39. The third kappa shape index (κ3) is 3.73. The van der Waals surface area contributed by atoms with E-state index in [2.05, 4.69) is 39.5 Å². The number of pyridine rings is 1. The minimum atomic E-state index is -1.25. The van der Waals surface area contributed by atoms with Crippen molar-refractivity contribution in [3.05, 3.63) is 72.9 Å². The van der Waals surface area contributed by atoms with Gasteiger partial charge in [0.2, 0.25) is 0 Å². The monoisotopic (exact) mass is 423 g/mol. The van der Waals surface area contributed by atoms with Crippen molar-refractivity contribution in [1.82, 2.24) is 10.3 Å². The Morgan fingerprint density at radius 3 is 2.55 bits per heavy atom. The maximum absolute atomic E-state index is 13.5. The van der Waals surface area contributed by atoms with Crippen molar-refractivity contribution in [2.24, 2.45) is 0 Å². The van der Waals surface area contributed by atoms with Crippen molar-refractivity contribution in [2.75, 3.05) is 31.1 Å². The largest absolute Gasteiger partial charge is 0.368 e. The first-order chi connectivity index (χ1) is 13.8. The van der Waals surface area contributed by atoms with Crippen LogP contribution in [0.15, 0.2) is 82.7 Å². The number of halogens is 1. The highest BCUT2D eigenvalue weighted by Crippen LogP contribution is 2.30. The highest BCUT2D eigenvalue weighted by atomic mass is 35.5. The molecule has 1 aromatic heterocycles. The van der Waals surface area contributed by atoms with Gasteiger partial charge < -0.3 is 10.2 Å². The highest BCUT2D eigenvalue weighted by Gasteiger charge is 2.16. The Labute approximate surface area is 178 Å². The summed E-state index contributed by atoms with van der Waals surface area (Å²) in [5.74, 6) is 0. The number of anilines is 1. The second-order valence-electron chi connectivity index (χ2n) is 6.99. The third-order valence-electron chi connectivity index (χ3n) is 5.31. The van der Waals surface area contributed by atoms with Crippen LogP contribution < -0.4 is 10.2 Å². The molecule has 1 unspecified atom stereocenters. The van der Waals surface area contributed by atoms with Crippen LogP contribution in [-0.2, 0) is 10.8 Å². The number of rotatable bonds is 3. The van der Waals surface area contributed by atoms with Crippen LogP contribution in [-0.4, -0.2) is 35.4 Å². The molecule has 0 spiro atoms. The zero-order chi connectivity index (χ0) is 18.9. The first-order valence-electron chi connectivity index (χ1n) is 9.55. The normalized spacial score (nSPS) is 15.2. The van der Waals surface area contributed by atoms with Crippen LogP contribution in [0.4, 0.5) is 5.69 Å². The Morgan fingerprint density at radius 1 is 0.897 bits per heavy atom. The number of hydrogen-bond donors (Lipinski definition) is 1. The van der Waals surface area contributed by atoms with Crippen LogP contribution in [0, 0.1) is 0 Å². The topological polar surface area (TPSA) is 45.2 Å². The van der Waals surface area contributed by atoms with E-state index in [9.17, 15) is 4.21 Å². The molecule has 0 aliphatic carbocycles. The van der Waals surface area contributed by atoms with Crippen LogP contribution >= 0.6 is 12.4 Å². The standard InChI is InChI=1S/C23H21N3OS.ClH/c27-28(23-7-3-5-17-4-1-2-6-19(17)23)18-8-9-21-20(16-18)22(10-11-25-21)26-14-12-24-13-15-26;/h1-11,16,24H,12-15H2;1H. The van der Waals surface area contributed by atoms with Gasteiger partial charge in [-0.05, 0) is 41.1 Å². The van der Waals surface area contributed by atoms with E-state index >= 15 is 0 Å². The van der Waals surface area contributed by atoms with Gasteiger partial charge in [0.25, 0.3) is 0 Å². The molecule has 0 amide bonds. The van der Waals surface area contributed by atoms with E-state index in [1.807, 2.05) is 48.7 Å². The Morgan fingerprint density at radius 2 is 1.69 bits per heavy atom. The molecule has 148 valence electrons. The molecule has 0 bridgehead atoms. The van der Waals surface area contributed by atoms with Crippen molar-refractivity contribution in [3.63, 3.8) is 0 Å². The molecule has 1 atom stereocenters. The van der Waals surface area contributed by atoms with E-state index in [4.69, 9.17) is 0 Å². The first kappa shape index (κ1) is 19.8. The van der Waals surface area contributed by atoms with Gasteiger partial charge in [-0.1, -0.05) is 36.4 Å². The number of aromatic nitrogens is 1. The van der Waals surface area contributed by atoms with Crippen LogP contribution in [0.2, 0.25) is 0 Å². The molecule has 1 saturated heterocycles. The van der Waals surface area contributed by atoms with Crippen LogP contribution in [0.25, 0.3) is 21.7 Å². The zero-order valence-electron chi connectivity index (χ0n) is 15.9. The number of benzene rings is 3. The molecule has 1 aliphatic heterocycles. The Balaban J connectivity index is 0.00000205. The summed E-state index contributed by atoms with van der Waals surface area (Å²) in [5, 5.41) is 6.61. The van der Waals surface area contributed by atoms with Gasteiger partial charge >= 0.3 is 0 Å². The van der Waals surface area contributed by atoms with Gasteiger partial charge in [-0.15, -0.1) is 12.4 Å². The van der Waals surface area contributed by atoms with Crippen molar-refractivity contribution >= 4 is 50.6 Å². The molecule has 0 radical (unpaired) electrons. The van der Waals surface area contributed by atoms with Gasteiger partial charge in [-0.25, -0.2) is 4.21 Å². The minimum Gasteiger partial charge on any atom is -0.368 e. The molecule has 6 heteroatoms. The van der Waals surface area contributed by atoms with Crippen LogP contribution in [0.1, 0.15) is 0 Å². The fourth-order valence-corrected chi connectivity index (χ4v) is 5.15. The molecule has 0 saturated carbocycles. The van der Waals surface area contributed by atoms with Gasteiger partial charge in [0.15, 0.2) is 0 Å². The van der Waals surface area contributed by atoms with E-state index in [0.717, 1.165) is 57.6 Å². The molecular formula is C23H22ClN3OS. The van der Waals surface area contributed by atoms with E-state index in [1.165, 1.54) is 5.69 Å². The van der Waals surface area contributed by atoms with Gasteiger partial charge in [0.05, 0.1) is 21.2 Å². The van der Waals surface area contributed by atoms with Gasteiger partial charge in [-0.3, -0.25) is 4.98 Å². The molecule has 4 aromatic rings. The van der Waals surface area contributed by atoms with Crippen molar-refractivity contribution in [3.8, 4) is 0 Å². The number of fused-ring (bicyclic) bond motifs is 2. The summed E-state index contributed by atoms with van der Waals surface area (Å²) < 4.78 is 13.5. The summed E-state index contributed by atoms with van der Waals surface area (Å²) in [6, 6.07) is 22.1. The fourth-order valence-electron chi connectivity index (χ4n) is 3.89. The maximum Gasteiger partial charge on any atom is 0.0856 e. The summed E-state index contributed by atoms with van der Waals surface area (Å²) in [6.07, 6.45) is 1.86. The Hall–Kier alpha value is -2.47. The maximum atomic E-state index is 13.5. The van der Waals surface area contributed by atoms with Gasteiger partial charge in [-0.2, -0.15) is 0 Å². The summed E-state index contributed by atoms with van der Waals surface area (Å²) >= 11 is 0. The molecule has 1 fully saturated rings. The highest BCUT2D eigenvalue weighted by molar-refractivity contribution is 7.85. The average Bonchev–Trinajstić information content (AvgIpc) is 2.78. The molecular weight excluding hydrogens is 402 g/mol. The average molecular weight is 424 g/mol. The summed E-state index contributed by atoms with van der Waals surface area (Å²) in [6.45, 7) is 3.89. The molecule has 29 heavy (non-hydrogen) atoms. The zero-order valence-corrected chi connectivity index (χ0v) is 17.5. The van der Waals surface area contributed by atoms with Gasteiger partial charge in [0, 0.05) is 48.3 Å². The molecule has 1 aliphatic rings. The molecule has 4 nitrogen and oxygen atoms in total. The smallest absolute Gasteiger partial charge is 0.0856 e. The lowest BCUT2D eigenvalue weighted by Crippen LogP contribution is -2.43. The lowest BCUT2D eigenvalue weighted by molar-refractivity contribution is 0.590. The number of hydrogen-bond acceptors (Lipinski definition) is 4. The van der Waals surface area contributed by atoms with Crippen molar-refractivity contribution in [1.29, 1.82) is 0 Å².